The fraction of sp³-hybridized carbons (Fsp3) is 0. The molecule has 0 saturated carbocycles. The zero-order chi connectivity index (χ0) is 24.0. The van der Waals surface area contributed by atoms with Crippen molar-refractivity contribution in [3.05, 3.63) is 83.4 Å². The molecule has 172 valence electrons. The lowest BCUT2D eigenvalue weighted by molar-refractivity contribution is 0.816. The van der Waals surface area contributed by atoms with Gasteiger partial charge >= 0.3 is 0 Å². The van der Waals surface area contributed by atoms with E-state index < -0.39 is 0 Å². The largest absolute Gasteiger partial charge is 0.308 e. The normalized spacial score (nSPS) is 12.2. The van der Waals surface area contributed by atoms with Crippen molar-refractivity contribution in [2.45, 2.75) is 0 Å². The molecule has 10 nitrogen and oxygen atoms in total. The molecule has 12 heteroatoms. The van der Waals surface area contributed by atoms with Crippen LogP contribution in [-0.4, -0.2) is 48.4 Å². The summed E-state index contributed by atoms with van der Waals surface area (Å²) in [5, 5.41) is 15.6. The van der Waals surface area contributed by atoms with E-state index in [1.54, 1.807) is 4.52 Å². The van der Waals surface area contributed by atoms with Crippen molar-refractivity contribution in [3.8, 4) is 17.1 Å². The van der Waals surface area contributed by atoms with E-state index in [4.69, 9.17) is 33.3 Å². The Kier molecular flexibility index (Phi) is 3.84. The molecule has 0 aliphatic carbocycles. The van der Waals surface area contributed by atoms with E-state index in [0.717, 1.165) is 33.1 Å². The number of aromatic nitrogens is 10. The van der Waals surface area contributed by atoms with Gasteiger partial charge in [0.15, 0.2) is 5.82 Å². The lowest BCUT2D eigenvalue weighted by Crippen LogP contribution is -2.06. The first-order valence-electron chi connectivity index (χ1n) is 11.0. The first-order chi connectivity index (χ1) is 17.7. The van der Waals surface area contributed by atoms with Gasteiger partial charge in [-0.2, -0.15) is 28.5 Å². The number of hydrogen-bond acceptors (Lipinski definition) is 6. The van der Waals surface area contributed by atoms with Crippen LogP contribution in [-0.2, 0) is 0 Å². The SMILES string of the molecule is Clc1nc2n(n1)c1nc(Cl)nn1c1nc(-c3cccc4c5ccccc5n(-c5ccccc5)c34)nn21. The maximum atomic E-state index is 6.13. The van der Waals surface area contributed by atoms with Crippen LogP contribution in [0, 0.1) is 0 Å². The fourth-order valence-electron chi connectivity index (χ4n) is 4.83. The van der Waals surface area contributed by atoms with Crippen molar-refractivity contribution in [2.24, 2.45) is 0 Å². The molecule has 0 fully saturated rings. The lowest BCUT2D eigenvalue weighted by Gasteiger charge is -2.09. The highest BCUT2D eigenvalue weighted by molar-refractivity contribution is 6.28. The van der Waals surface area contributed by atoms with Crippen molar-refractivity contribution < 1.29 is 0 Å². The second-order valence-corrected chi connectivity index (χ2v) is 8.90. The average Bonchev–Trinajstić information content (AvgIpc) is 3.66. The van der Waals surface area contributed by atoms with Gasteiger partial charge in [-0.15, -0.1) is 15.3 Å². The molecular formula is C24H12Cl2N10. The van der Waals surface area contributed by atoms with Crippen LogP contribution in [0.2, 0.25) is 10.6 Å². The molecule has 3 aromatic carbocycles. The van der Waals surface area contributed by atoms with Crippen molar-refractivity contribution in [2.75, 3.05) is 0 Å². The zero-order valence-electron chi connectivity index (χ0n) is 18.2. The number of benzene rings is 3. The lowest BCUT2D eigenvalue weighted by atomic mass is 10.1. The van der Waals surface area contributed by atoms with Gasteiger partial charge in [0.1, 0.15) is 0 Å². The molecule has 0 bridgehead atoms. The quantitative estimate of drug-likeness (QED) is 0.328. The van der Waals surface area contributed by atoms with Crippen LogP contribution in [0.15, 0.2) is 72.8 Å². The van der Waals surface area contributed by atoms with Crippen LogP contribution in [0.25, 0.3) is 56.2 Å². The minimum absolute atomic E-state index is 0.0480. The summed E-state index contributed by atoms with van der Waals surface area (Å²) in [6.45, 7) is 0. The minimum atomic E-state index is 0.0480. The molecule has 0 amide bonds. The highest BCUT2D eigenvalue weighted by Crippen LogP contribution is 2.37. The Morgan fingerprint density at radius 1 is 0.556 bits per heavy atom. The van der Waals surface area contributed by atoms with E-state index in [1.165, 1.54) is 9.03 Å². The Bertz CT molecular complexity index is 2060. The monoisotopic (exact) mass is 510 g/mol. The van der Waals surface area contributed by atoms with E-state index >= 15 is 0 Å². The Labute approximate surface area is 211 Å². The van der Waals surface area contributed by atoms with Gasteiger partial charge in [-0.1, -0.05) is 48.5 Å². The Morgan fingerprint density at radius 3 is 1.92 bits per heavy atom. The number of hydrogen-bond donors (Lipinski definition) is 0. The third kappa shape index (κ3) is 2.56. The highest BCUT2D eigenvalue weighted by Gasteiger charge is 2.23. The van der Waals surface area contributed by atoms with E-state index in [0.29, 0.717) is 23.2 Å². The molecule has 5 aromatic heterocycles. The topological polar surface area (TPSA) is 95.5 Å². The van der Waals surface area contributed by atoms with Gasteiger partial charge in [0.05, 0.1) is 11.0 Å². The van der Waals surface area contributed by atoms with Crippen molar-refractivity contribution in [1.29, 1.82) is 0 Å². The molecule has 0 unspecified atom stereocenters. The summed E-state index contributed by atoms with van der Waals surface area (Å²) in [6.07, 6.45) is 0. The van der Waals surface area contributed by atoms with E-state index in [1.807, 2.05) is 42.5 Å². The van der Waals surface area contributed by atoms with Gasteiger partial charge in [-0.3, -0.25) is 0 Å². The molecule has 0 aliphatic rings. The standard InChI is InChI=1S/C24H12Cl2N10/c25-20-28-23-34-22(35-24(36(23)32-20)29-21(26)31-35)27-19(30-34)16-11-6-10-15-14-9-4-5-12-17(14)33(18(15)16)13-7-2-1-3-8-13/h1-12H. The van der Waals surface area contributed by atoms with E-state index in [-0.39, 0.29) is 10.6 Å². The maximum absolute atomic E-state index is 6.13. The van der Waals surface area contributed by atoms with Crippen LogP contribution in [0.1, 0.15) is 0 Å². The molecular weight excluding hydrogens is 499 g/mol. The summed E-state index contributed by atoms with van der Waals surface area (Å²) in [7, 11) is 0. The highest BCUT2D eigenvalue weighted by atomic mass is 35.5. The van der Waals surface area contributed by atoms with Gasteiger partial charge in [0.25, 0.3) is 17.3 Å². The summed E-state index contributed by atoms with van der Waals surface area (Å²) in [5.41, 5.74) is 3.97. The number of halogens is 2. The molecule has 0 aliphatic heterocycles. The molecule has 0 radical (unpaired) electrons. The first kappa shape index (κ1) is 19.7. The van der Waals surface area contributed by atoms with Gasteiger partial charge in [-0.25, -0.2) is 0 Å². The average molecular weight is 511 g/mol. The van der Waals surface area contributed by atoms with Crippen molar-refractivity contribution in [1.82, 2.24) is 48.4 Å². The van der Waals surface area contributed by atoms with Crippen LogP contribution < -0.4 is 0 Å². The molecule has 8 aromatic rings. The molecule has 0 saturated heterocycles. The predicted molar refractivity (Wildman–Crippen MR) is 136 cm³/mol. The maximum Gasteiger partial charge on any atom is 0.261 e. The van der Waals surface area contributed by atoms with Crippen molar-refractivity contribution in [3.63, 3.8) is 0 Å². The first-order valence-corrected chi connectivity index (χ1v) is 11.7. The molecule has 36 heavy (non-hydrogen) atoms. The molecule has 0 N–H and O–H groups in total. The summed E-state index contributed by atoms with van der Waals surface area (Å²) in [6, 6.07) is 24.7. The van der Waals surface area contributed by atoms with Crippen LogP contribution >= 0.6 is 23.2 Å². The molecule has 0 atom stereocenters. The molecule has 8 rings (SSSR count). The summed E-state index contributed by atoms with van der Waals surface area (Å²) >= 11 is 12.3. The minimum Gasteiger partial charge on any atom is -0.308 e. The molecule has 0 spiro atoms. The smallest absolute Gasteiger partial charge is 0.261 e. The third-order valence-electron chi connectivity index (χ3n) is 6.24. The third-order valence-corrected chi connectivity index (χ3v) is 6.56. The van der Waals surface area contributed by atoms with Crippen LogP contribution in [0.3, 0.4) is 0 Å². The molecule has 5 heterocycles. The van der Waals surface area contributed by atoms with E-state index in [9.17, 15) is 0 Å². The van der Waals surface area contributed by atoms with Gasteiger partial charge in [-0.05, 0) is 47.5 Å². The van der Waals surface area contributed by atoms with Gasteiger partial charge in [0, 0.05) is 22.0 Å². The summed E-state index contributed by atoms with van der Waals surface area (Å²) < 4.78 is 6.69. The second-order valence-electron chi connectivity index (χ2n) is 8.22. The van der Waals surface area contributed by atoms with Crippen molar-refractivity contribution >= 4 is 62.3 Å². The van der Waals surface area contributed by atoms with E-state index in [2.05, 4.69) is 55.1 Å². The number of para-hydroxylation sites is 3. The predicted octanol–water partition coefficient (Wildman–Crippen LogP) is 4.89. The Morgan fingerprint density at radius 2 is 1.17 bits per heavy atom. The number of nitrogens with zero attached hydrogens (tertiary/aromatic N) is 10. The summed E-state index contributed by atoms with van der Waals surface area (Å²) in [4.78, 5) is 13.4. The second kappa shape index (κ2) is 7.00. The van der Waals surface area contributed by atoms with Crippen LogP contribution in [0.5, 0.6) is 0 Å². The fourth-order valence-corrected chi connectivity index (χ4v) is 5.14. The Balaban J connectivity index is 1.53. The zero-order valence-corrected chi connectivity index (χ0v) is 19.7. The van der Waals surface area contributed by atoms with Crippen LogP contribution in [0.4, 0.5) is 0 Å². The number of rotatable bonds is 2. The van der Waals surface area contributed by atoms with Gasteiger partial charge < -0.3 is 4.57 Å². The van der Waals surface area contributed by atoms with Gasteiger partial charge in [0.2, 0.25) is 10.6 Å². The Hall–Kier alpha value is -4.54. The number of fused-ring (bicyclic) bond motifs is 9. The summed E-state index contributed by atoms with van der Waals surface area (Å²) in [5.74, 6) is 1.55.